The molecule has 1 aromatic carbocycles. The molecule has 0 aliphatic carbocycles. The smallest absolute Gasteiger partial charge is 0.123 e. The zero-order valence-electron chi connectivity index (χ0n) is 14.7. The molecule has 2 heterocycles. The van der Waals surface area contributed by atoms with Gasteiger partial charge in [0.05, 0.1) is 17.5 Å². The lowest BCUT2D eigenvalue weighted by Gasteiger charge is -2.31. The molecule has 0 amide bonds. The van der Waals surface area contributed by atoms with Crippen LogP contribution in [-0.4, -0.2) is 90.0 Å². The molecule has 0 saturated carbocycles. The normalized spacial score (nSPS) is 24.6. The minimum atomic E-state index is -0.621. The fraction of sp³-hybridized carbons (Fsp3) is 0.500. The Kier molecular flexibility index (Phi) is 5.06. The molecule has 0 spiro atoms. The molecule has 0 aromatic heterocycles. The Bertz CT molecular complexity index is 601. The summed E-state index contributed by atoms with van der Waals surface area (Å²) in [6, 6.07) is 8.47. The number of anilines is 2. The molecule has 1 aromatic rings. The first-order valence-electron chi connectivity index (χ1n) is 8.65. The van der Waals surface area contributed by atoms with Gasteiger partial charge in [-0.15, -0.1) is 0 Å². The highest BCUT2D eigenvalue weighted by atomic mass is 15.4. The Morgan fingerprint density at radius 3 is 2.08 bits per heavy atom. The van der Waals surface area contributed by atoms with Crippen LogP contribution in [0.4, 0.5) is 11.4 Å². The summed E-state index contributed by atoms with van der Waals surface area (Å²) in [7, 11) is 32.1. The lowest BCUT2D eigenvalue weighted by molar-refractivity contribution is 0.654. The largest absolute Gasteiger partial charge is 0.356 e. The van der Waals surface area contributed by atoms with Gasteiger partial charge in [-0.2, -0.15) is 0 Å². The Morgan fingerprint density at radius 1 is 0.958 bits per heavy atom. The maximum Gasteiger partial charge on any atom is 0.123 e. The molecule has 104 valence electrons. The van der Waals surface area contributed by atoms with Crippen LogP contribution >= 0.6 is 0 Å². The van der Waals surface area contributed by atoms with Gasteiger partial charge in [0.2, 0.25) is 0 Å². The molecule has 1 unspecified atom stereocenters. The molecule has 12 heteroatoms. The molecule has 2 aliphatic rings. The van der Waals surface area contributed by atoms with E-state index < -0.39 is 19.2 Å². The van der Waals surface area contributed by atoms with Crippen molar-refractivity contribution < 1.29 is 0 Å². The average Bonchev–Trinajstić information content (AvgIpc) is 3.09. The summed E-state index contributed by atoms with van der Waals surface area (Å²) in [5, 5.41) is 0. The van der Waals surface area contributed by atoms with Gasteiger partial charge < -0.3 is 9.80 Å². The zero-order chi connectivity index (χ0) is 17.8. The minimum absolute atomic E-state index is 0.102. The Balaban J connectivity index is 1.89. The van der Waals surface area contributed by atoms with Crippen LogP contribution in [-0.2, 0) is 0 Å². The standard InChI is InChI=1S/C12H16B10N2/c1-8-12(18(8)22(20(15)16)21(17)19(13)14)24-9(2)23(3)10-6-4-5-7-11(10)24/h4-9,12H,1-3H3/t8-,9-,12?/m0/s1. The summed E-state index contributed by atoms with van der Waals surface area (Å²) in [5.41, 5.74) is 2.50. The van der Waals surface area contributed by atoms with E-state index in [4.69, 9.17) is 38.7 Å². The van der Waals surface area contributed by atoms with Gasteiger partial charge in [-0.25, -0.2) is 0 Å². The lowest BCUT2D eigenvalue weighted by atomic mass is 8.57. The molecule has 1 saturated heterocycles. The highest BCUT2D eigenvalue weighted by Crippen LogP contribution is 2.50. The number of benzene rings is 1. The van der Waals surface area contributed by atoms with Crippen molar-refractivity contribution in [3.8, 4) is 0 Å². The van der Waals surface area contributed by atoms with Crippen LogP contribution in [0.2, 0.25) is 5.82 Å². The fourth-order valence-corrected chi connectivity index (χ4v) is 4.49. The van der Waals surface area contributed by atoms with Crippen LogP contribution in [0.3, 0.4) is 0 Å². The molecule has 24 heavy (non-hydrogen) atoms. The van der Waals surface area contributed by atoms with Gasteiger partial charge >= 0.3 is 0 Å². The Labute approximate surface area is 155 Å². The van der Waals surface area contributed by atoms with Crippen molar-refractivity contribution >= 4 is 82.2 Å². The van der Waals surface area contributed by atoms with Crippen molar-refractivity contribution in [1.82, 2.24) is 0 Å². The lowest BCUT2D eigenvalue weighted by Crippen LogP contribution is -2.65. The van der Waals surface area contributed by atoms with Gasteiger partial charge in [0.25, 0.3) is 0 Å². The van der Waals surface area contributed by atoms with E-state index in [1.807, 2.05) is 0 Å². The van der Waals surface area contributed by atoms with E-state index >= 15 is 0 Å². The van der Waals surface area contributed by atoms with E-state index in [1.54, 1.807) is 0 Å². The number of hydrogen-bond acceptors (Lipinski definition) is 2. The second kappa shape index (κ2) is 6.65. The maximum absolute atomic E-state index is 6.24. The number of hydrogen-bond donors (Lipinski definition) is 0. The number of fused-ring (bicyclic) bond motifs is 1. The van der Waals surface area contributed by atoms with Crippen molar-refractivity contribution in [3.63, 3.8) is 0 Å². The second-order valence-corrected chi connectivity index (χ2v) is 7.38. The summed E-state index contributed by atoms with van der Waals surface area (Å²) in [4.78, 5) is 4.76. The predicted octanol–water partition coefficient (Wildman–Crippen LogP) is -1.29. The topological polar surface area (TPSA) is 6.48 Å². The second-order valence-electron chi connectivity index (χ2n) is 7.38. The van der Waals surface area contributed by atoms with E-state index in [-0.39, 0.29) is 19.2 Å². The van der Waals surface area contributed by atoms with Crippen LogP contribution < -0.4 is 9.80 Å². The Hall–Kier alpha value is -0.531. The number of rotatable bonds is 5. The molecule has 3 rings (SSSR count). The van der Waals surface area contributed by atoms with Crippen molar-refractivity contribution in [2.75, 3.05) is 16.8 Å². The molecule has 1 fully saturated rings. The number of nitrogens with zero attached hydrogens (tertiary/aromatic N) is 2. The molecular weight excluding hydrogens is 280 g/mol. The number of para-hydroxylation sites is 2. The first-order valence-corrected chi connectivity index (χ1v) is 8.65. The highest BCUT2D eigenvalue weighted by Gasteiger charge is 2.60. The van der Waals surface area contributed by atoms with Gasteiger partial charge in [-0.05, 0) is 25.0 Å². The molecule has 10 radical (unpaired) electrons. The van der Waals surface area contributed by atoms with Gasteiger partial charge in [-0.1, -0.05) is 24.9 Å². The van der Waals surface area contributed by atoms with Gasteiger partial charge in [-0.3, -0.25) is 0 Å². The Morgan fingerprint density at radius 2 is 1.54 bits per heavy atom. The summed E-state index contributed by atoms with van der Waals surface area (Å²) in [6.45, 7) is 4.73. The first kappa shape index (κ1) is 18.3. The van der Waals surface area contributed by atoms with Gasteiger partial charge in [0.15, 0.2) is 0 Å². The van der Waals surface area contributed by atoms with Crippen LogP contribution in [0.25, 0.3) is 0 Å². The minimum Gasteiger partial charge on any atom is -0.356 e. The molecule has 0 bridgehead atoms. The van der Waals surface area contributed by atoms with Crippen LogP contribution in [0, 0.1) is 0 Å². The summed E-state index contributed by atoms with van der Waals surface area (Å²) >= 11 is 0. The van der Waals surface area contributed by atoms with Crippen LogP contribution in [0.1, 0.15) is 13.8 Å². The fourth-order valence-electron chi connectivity index (χ4n) is 4.49. The summed E-state index contributed by atoms with van der Waals surface area (Å²) in [6.07, 6.45) is -1.39. The van der Waals surface area contributed by atoms with E-state index in [9.17, 15) is 0 Å². The SMILES string of the molecule is [B]B([B])B([B])B(B([B])[B])B1C(N2c3ccccc3N(C)[C@@H]2C)[C@@H]1C. The molecular formula is C12H16B10N2. The third-order valence-electron chi connectivity index (χ3n) is 6.00. The van der Waals surface area contributed by atoms with Crippen LogP contribution in [0.15, 0.2) is 24.3 Å². The van der Waals surface area contributed by atoms with Crippen molar-refractivity contribution in [1.29, 1.82) is 0 Å². The molecule has 3 atom stereocenters. The first-order chi connectivity index (χ1) is 11.3. The van der Waals surface area contributed by atoms with Gasteiger partial charge in [0, 0.05) is 71.3 Å². The van der Waals surface area contributed by atoms with Crippen molar-refractivity contribution in [2.24, 2.45) is 0 Å². The van der Waals surface area contributed by atoms with E-state index in [0.717, 1.165) is 0 Å². The molecule has 2 nitrogen and oxygen atoms in total. The van der Waals surface area contributed by atoms with Crippen molar-refractivity contribution in [3.05, 3.63) is 24.3 Å². The highest BCUT2D eigenvalue weighted by molar-refractivity contribution is 8.01. The predicted molar refractivity (Wildman–Crippen MR) is 118 cm³/mol. The summed E-state index contributed by atoms with van der Waals surface area (Å²) < 4.78 is 0. The van der Waals surface area contributed by atoms with Crippen molar-refractivity contribution in [2.45, 2.75) is 31.8 Å². The van der Waals surface area contributed by atoms with Gasteiger partial charge in [0.1, 0.15) is 6.60 Å². The molecule has 2 aliphatic heterocycles. The summed E-state index contributed by atoms with van der Waals surface area (Å²) in [5.74, 6) is 0.784. The monoisotopic (exact) mass is 298 g/mol. The van der Waals surface area contributed by atoms with Crippen LogP contribution in [0.5, 0.6) is 0 Å². The zero-order valence-corrected chi connectivity index (χ0v) is 14.7. The van der Waals surface area contributed by atoms with E-state index in [0.29, 0.717) is 11.8 Å². The third kappa shape index (κ3) is 2.82. The average molecular weight is 296 g/mol. The van der Waals surface area contributed by atoms with E-state index in [2.05, 4.69) is 55.0 Å². The maximum atomic E-state index is 6.24. The van der Waals surface area contributed by atoms with E-state index in [1.165, 1.54) is 11.4 Å². The molecule has 0 N–H and O–H groups in total. The quantitative estimate of drug-likeness (QED) is 0.624. The third-order valence-corrected chi connectivity index (χ3v) is 6.00.